The molecule has 1 aromatic heterocycles. The van der Waals surface area contributed by atoms with Gasteiger partial charge in [0.15, 0.2) is 22.7 Å². The molecular formula is C21H26N6O9S2. The van der Waals surface area contributed by atoms with Gasteiger partial charge >= 0.3 is 10.4 Å². The summed E-state index contributed by atoms with van der Waals surface area (Å²) in [6.07, 6.45) is -1.42. The number of β-lactam (4-membered cyclic amide) rings is 1. The van der Waals surface area contributed by atoms with E-state index in [1.807, 2.05) is 0 Å². The van der Waals surface area contributed by atoms with Crippen molar-refractivity contribution in [2.75, 3.05) is 18.9 Å². The largest absolute Gasteiger partial charge is 0.490 e. The Balaban J connectivity index is 1.72. The minimum atomic E-state index is -4.95. The number of thiazole rings is 1. The number of hydrogen-bond donors (Lipinski definition) is 5. The lowest BCUT2D eigenvalue weighted by Gasteiger charge is -2.50. The number of Topliss-reactive ketones (excluding diaryl/α,β-unsaturated/α-hetero) is 1. The monoisotopic (exact) mass is 570 g/mol. The van der Waals surface area contributed by atoms with Crippen molar-refractivity contribution in [3.8, 4) is 5.75 Å². The third kappa shape index (κ3) is 6.81. The van der Waals surface area contributed by atoms with Crippen LogP contribution in [0.2, 0.25) is 0 Å². The van der Waals surface area contributed by atoms with E-state index >= 15 is 0 Å². The molecule has 1 amide bonds. The molecular weight excluding hydrogens is 544 g/mol. The van der Waals surface area contributed by atoms with E-state index in [1.165, 1.54) is 19.2 Å². The van der Waals surface area contributed by atoms with Crippen LogP contribution >= 0.6 is 11.3 Å². The number of benzene rings is 1. The zero-order valence-corrected chi connectivity index (χ0v) is 21.9. The van der Waals surface area contributed by atoms with Crippen LogP contribution in [0.3, 0.4) is 0 Å². The van der Waals surface area contributed by atoms with Crippen LogP contribution in [-0.4, -0.2) is 76.2 Å². The fourth-order valence-corrected chi connectivity index (χ4v) is 4.45. The topological polar surface area (TPSA) is 241 Å². The normalized spacial score (nSPS) is 18.0. The van der Waals surface area contributed by atoms with Crippen molar-refractivity contribution in [2.45, 2.75) is 31.9 Å². The summed E-state index contributed by atoms with van der Waals surface area (Å²) in [6.45, 7) is 2.23. The molecule has 206 valence electrons. The number of ketones is 1. The van der Waals surface area contributed by atoms with Crippen LogP contribution in [-0.2, 0) is 29.1 Å². The maximum absolute atomic E-state index is 13.2. The van der Waals surface area contributed by atoms with E-state index in [0.717, 1.165) is 11.3 Å². The van der Waals surface area contributed by atoms with Gasteiger partial charge in [-0.1, -0.05) is 5.16 Å². The van der Waals surface area contributed by atoms with Crippen LogP contribution in [0.1, 0.15) is 31.5 Å². The molecule has 1 aliphatic heterocycles. The summed E-state index contributed by atoms with van der Waals surface area (Å²) in [5, 5.41) is 23.0. The van der Waals surface area contributed by atoms with Crippen LogP contribution < -0.4 is 16.2 Å². The van der Waals surface area contributed by atoms with Crippen molar-refractivity contribution in [1.82, 2.24) is 10.0 Å². The van der Waals surface area contributed by atoms with Crippen LogP contribution in [0.25, 0.3) is 0 Å². The van der Waals surface area contributed by atoms with Crippen molar-refractivity contribution in [2.24, 2.45) is 16.8 Å². The molecule has 0 radical (unpaired) electrons. The highest BCUT2D eigenvalue weighted by Crippen LogP contribution is 2.40. The Morgan fingerprint density at radius 2 is 2.00 bits per heavy atom. The van der Waals surface area contributed by atoms with Crippen LogP contribution in [0.5, 0.6) is 5.75 Å². The van der Waals surface area contributed by atoms with E-state index < -0.39 is 52.7 Å². The summed E-state index contributed by atoms with van der Waals surface area (Å²) in [6, 6.07) is 6.32. The summed E-state index contributed by atoms with van der Waals surface area (Å²) < 4.78 is 40.8. The van der Waals surface area contributed by atoms with Gasteiger partial charge < -0.3 is 26.1 Å². The molecule has 2 heterocycles. The fourth-order valence-electron chi connectivity index (χ4n) is 3.45. The maximum Gasteiger partial charge on any atom is 0.418 e. The van der Waals surface area contributed by atoms with Gasteiger partial charge in [0, 0.05) is 17.4 Å². The van der Waals surface area contributed by atoms with Gasteiger partial charge in [0.25, 0.3) is 5.91 Å². The Bertz CT molecular complexity index is 1340. The number of anilines is 1. The molecule has 0 bridgehead atoms. The van der Waals surface area contributed by atoms with Crippen LogP contribution in [0.4, 0.5) is 5.13 Å². The number of nitrogens with two attached hydrogens (primary N) is 2. The molecule has 0 saturated carbocycles. The quantitative estimate of drug-likeness (QED) is 0.0708. The number of rotatable bonds is 13. The van der Waals surface area contributed by atoms with Crippen molar-refractivity contribution in [3.05, 3.63) is 40.9 Å². The van der Waals surface area contributed by atoms with Gasteiger partial charge in [0.05, 0.1) is 18.1 Å². The number of aliphatic hydroxyl groups is 1. The second-order valence-electron chi connectivity index (χ2n) is 8.64. The summed E-state index contributed by atoms with van der Waals surface area (Å²) >= 11 is 1.04. The van der Waals surface area contributed by atoms with Crippen molar-refractivity contribution >= 4 is 50.1 Å². The predicted molar refractivity (Wildman–Crippen MR) is 135 cm³/mol. The lowest BCUT2D eigenvalue weighted by Crippen LogP contribution is -2.68. The maximum atomic E-state index is 13.2. The first-order valence-electron chi connectivity index (χ1n) is 10.9. The number of aromatic nitrogens is 1. The zero-order valence-electron chi connectivity index (χ0n) is 20.2. The predicted octanol–water partition coefficient (Wildman–Crippen LogP) is 0.101. The summed E-state index contributed by atoms with van der Waals surface area (Å²) in [4.78, 5) is 35.0. The first-order chi connectivity index (χ1) is 17.7. The third-order valence-electron chi connectivity index (χ3n) is 5.56. The summed E-state index contributed by atoms with van der Waals surface area (Å²) in [5.41, 5.74) is 10.1. The van der Waals surface area contributed by atoms with Crippen molar-refractivity contribution in [3.63, 3.8) is 0 Å². The lowest BCUT2D eigenvalue weighted by atomic mass is 9.74. The van der Waals surface area contributed by atoms with Crippen molar-refractivity contribution in [1.29, 1.82) is 5.41 Å². The number of hydrogen-bond acceptors (Lipinski definition) is 13. The second kappa shape index (κ2) is 11.4. The van der Waals surface area contributed by atoms with Gasteiger partial charge in [0.2, 0.25) is 0 Å². The number of nitrogen functional groups attached to an aromatic ring is 2. The van der Waals surface area contributed by atoms with E-state index in [2.05, 4.69) is 14.4 Å². The highest BCUT2D eigenvalue weighted by molar-refractivity contribution is 7.80. The molecule has 2 aromatic rings. The lowest BCUT2D eigenvalue weighted by molar-refractivity contribution is -0.228. The van der Waals surface area contributed by atoms with Gasteiger partial charge in [-0.25, -0.2) is 4.98 Å². The smallest absolute Gasteiger partial charge is 0.418 e. The first kappa shape index (κ1) is 28.9. The molecule has 1 saturated heterocycles. The number of carbonyl (C=O) groups excluding carboxylic acids is 2. The molecule has 1 aromatic carbocycles. The minimum Gasteiger partial charge on any atom is -0.490 e. The van der Waals surface area contributed by atoms with Gasteiger partial charge in [0.1, 0.15) is 23.9 Å². The van der Waals surface area contributed by atoms with Gasteiger partial charge in [-0.2, -0.15) is 13.5 Å². The average Bonchev–Trinajstić information content (AvgIpc) is 3.28. The SMILES string of the molecule is CC1(C)[C@H](CC(=O)/C(=N\OC(CO)COc2ccc(C(=N)N)cc2)c2csc(N)n2)C(=O)N1OS(=O)(=O)O. The molecule has 17 heteroatoms. The molecule has 1 unspecified atom stereocenters. The Kier molecular flexibility index (Phi) is 8.68. The number of aliphatic hydroxyl groups excluding tert-OH is 1. The van der Waals surface area contributed by atoms with E-state index in [-0.39, 0.29) is 29.0 Å². The zero-order chi connectivity index (χ0) is 28.3. The number of hydroxylamine groups is 2. The van der Waals surface area contributed by atoms with E-state index in [9.17, 15) is 23.1 Å². The van der Waals surface area contributed by atoms with Gasteiger partial charge in [-0.05, 0) is 38.1 Å². The standard InChI is InChI=1S/C21H26N6O9S2/c1-21(2)14(19(30)27(21)36-38(31,32)33)7-16(29)17(15-10-37-20(24)25-15)26-35-13(8-28)9-34-12-5-3-11(4-6-12)18(22)23/h3-6,10,13-14,28H,7-9H2,1-2H3,(H3,22,23)(H2,24,25)(H,31,32,33)/b26-17-/t13?,14-/m1/s1. The Hall–Kier alpha value is -3.64. The second-order valence-corrected chi connectivity index (χ2v) is 10.5. The minimum absolute atomic E-state index is 0.0746. The first-order valence-corrected chi connectivity index (χ1v) is 13.1. The summed E-state index contributed by atoms with van der Waals surface area (Å²) in [7, 11) is -4.95. The number of amidine groups is 1. The highest BCUT2D eigenvalue weighted by Gasteiger charge is 2.57. The Morgan fingerprint density at radius 3 is 2.50 bits per heavy atom. The third-order valence-corrected chi connectivity index (χ3v) is 6.57. The Labute approximate surface area is 221 Å². The number of ether oxygens (including phenoxy) is 1. The fraction of sp³-hybridized carbons (Fsp3) is 0.381. The molecule has 15 nitrogen and oxygen atoms in total. The van der Waals surface area contributed by atoms with E-state index in [1.54, 1.807) is 24.3 Å². The van der Waals surface area contributed by atoms with Gasteiger partial charge in [-0.3, -0.25) is 19.6 Å². The number of carbonyl (C=O) groups is 2. The van der Waals surface area contributed by atoms with Crippen LogP contribution in [0, 0.1) is 11.3 Å². The molecule has 0 aliphatic carbocycles. The molecule has 0 spiro atoms. The van der Waals surface area contributed by atoms with E-state index in [0.29, 0.717) is 16.4 Å². The summed E-state index contributed by atoms with van der Waals surface area (Å²) in [5.74, 6) is -2.21. The highest BCUT2D eigenvalue weighted by atomic mass is 32.3. The number of nitrogens with zero attached hydrogens (tertiary/aromatic N) is 3. The van der Waals surface area contributed by atoms with Crippen LogP contribution in [0.15, 0.2) is 34.8 Å². The molecule has 38 heavy (non-hydrogen) atoms. The molecule has 3 rings (SSSR count). The molecule has 1 aliphatic rings. The number of oxime groups is 1. The molecule has 7 N–H and O–H groups in total. The molecule has 1 fully saturated rings. The number of nitrogens with one attached hydrogen (secondary N) is 1. The number of amides is 1. The molecule has 2 atom stereocenters. The Morgan fingerprint density at radius 1 is 1.34 bits per heavy atom. The van der Waals surface area contributed by atoms with E-state index in [4.69, 9.17) is 31.0 Å². The van der Waals surface area contributed by atoms with Crippen molar-refractivity contribution < 1.29 is 41.5 Å². The average molecular weight is 571 g/mol. The van der Waals surface area contributed by atoms with Gasteiger partial charge in [-0.15, -0.1) is 15.6 Å².